The number of aromatic nitrogens is 2. The normalized spacial score (nSPS) is 13.2. The Morgan fingerprint density at radius 2 is 2.04 bits per heavy atom. The topological polar surface area (TPSA) is 64.4 Å². The molecule has 1 aliphatic heterocycles. The number of hydrogen-bond acceptors (Lipinski definition) is 4. The number of aryl methyl sites for hydroxylation is 2. The smallest absolute Gasteiger partial charge is 0.271 e. The van der Waals surface area contributed by atoms with Gasteiger partial charge in [-0.2, -0.15) is 9.78 Å². The zero-order valence-corrected chi connectivity index (χ0v) is 13.2. The molecule has 0 saturated heterocycles. The highest BCUT2D eigenvalue weighted by molar-refractivity contribution is 5.98. The minimum absolute atomic E-state index is 0.0233. The number of anilines is 1. The Morgan fingerprint density at radius 3 is 2.75 bits per heavy atom. The molecule has 6 nitrogen and oxygen atoms in total. The molecule has 7 heteroatoms. The van der Waals surface area contributed by atoms with Gasteiger partial charge in [0.15, 0.2) is 12.4 Å². The highest BCUT2D eigenvalue weighted by atomic mass is 19.1. The number of ether oxygens (including phenoxy) is 1. The highest BCUT2D eigenvalue weighted by Crippen LogP contribution is 2.35. The lowest BCUT2D eigenvalue weighted by Crippen LogP contribution is -2.39. The van der Waals surface area contributed by atoms with Gasteiger partial charge in [-0.15, -0.1) is 6.42 Å². The summed E-state index contributed by atoms with van der Waals surface area (Å²) in [6, 6.07) is 3.86. The van der Waals surface area contributed by atoms with Crippen molar-refractivity contribution in [2.45, 2.75) is 13.8 Å². The van der Waals surface area contributed by atoms with Crippen molar-refractivity contribution in [2.24, 2.45) is 0 Å². The standard InChI is InChI=1S/C17H14FN3O3/c1-4-5-20-14-8-13(12(18)7-15(14)24-9-17(20)23)21-16(22)6-10(2)11(3)19-21/h1,6-8H,5,9H2,2-3H3. The van der Waals surface area contributed by atoms with Gasteiger partial charge >= 0.3 is 0 Å². The SMILES string of the molecule is C#CCN1C(=O)COc2cc(F)c(-n3nc(C)c(C)cc3=O)cc21. The van der Waals surface area contributed by atoms with Crippen LogP contribution in [0.2, 0.25) is 0 Å². The number of nitrogens with zero attached hydrogens (tertiary/aromatic N) is 3. The van der Waals surface area contributed by atoms with Crippen LogP contribution >= 0.6 is 0 Å². The second-order valence-electron chi connectivity index (χ2n) is 5.41. The van der Waals surface area contributed by atoms with Crippen LogP contribution < -0.4 is 15.2 Å². The van der Waals surface area contributed by atoms with Gasteiger partial charge in [-0.1, -0.05) is 5.92 Å². The first-order valence-corrected chi connectivity index (χ1v) is 7.20. The second kappa shape index (κ2) is 5.81. The van der Waals surface area contributed by atoms with E-state index >= 15 is 0 Å². The van der Waals surface area contributed by atoms with E-state index in [1.54, 1.807) is 13.8 Å². The van der Waals surface area contributed by atoms with Crippen LogP contribution in [0.4, 0.5) is 10.1 Å². The second-order valence-corrected chi connectivity index (χ2v) is 5.41. The first-order valence-electron chi connectivity index (χ1n) is 7.20. The van der Waals surface area contributed by atoms with Crippen LogP contribution in [0.1, 0.15) is 11.3 Å². The minimum atomic E-state index is -0.679. The van der Waals surface area contributed by atoms with E-state index in [1.807, 2.05) is 0 Å². The molecule has 0 fully saturated rings. The maximum atomic E-state index is 14.5. The summed E-state index contributed by atoms with van der Waals surface area (Å²) in [4.78, 5) is 25.5. The average molecular weight is 327 g/mol. The molecule has 1 aromatic carbocycles. The third-order valence-corrected chi connectivity index (χ3v) is 3.82. The van der Waals surface area contributed by atoms with Crippen molar-refractivity contribution in [1.82, 2.24) is 9.78 Å². The van der Waals surface area contributed by atoms with E-state index in [0.29, 0.717) is 16.9 Å². The van der Waals surface area contributed by atoms with Crippen molar-refractivity contribution < 1.29 is 13.9 Å². The molecule has 0 bridgehead atoms. The van der Waals surface area contributed by atoms with Gasteiger partial charge in [0.1, 0.15) is 11.4 Å². The highest BCUT2D eigenvalue weighted by Gasteiger charge is 2.27. The first-order chi connectivity index (χ1) is 11.4. The van der Waals surface area contributed by atoms with E-state index < -0.39 is 11.4 Å². The van der Waals surface area contributed by atoms with Crippen LogP contribution in [0.15, 0.2) is 23.0 Å². The quantitative estimate of drug-likeness (QED) is 0.781. The molecule has 122 valence electrons. The van der Waals surface area contributed by atoms with Crippen molar-refractivity contribution in [3.05, 3.63) is 45.6 Å². The maximum Gasteiger partial charge on any atom is 0.271 e. The molecule has 0 spiro atoms. The molecule has 0 aliphatic carbocycles. The third-order valence-electron chi connectivity index (χ3n) is 3.82. The number of benzene rings is 1. The molecule has 3 rings (SSSR count). The fourth-order valence-corrected chi connectivity index (χ4v) is 2.44. The number of carbonyl (C=O) groups excluding carboxylic acids is 1. The van der Waals surface area contributed by atoms with E-state index in [-0.39, 0.29) is 30.5 Å². The molecule has 1 aliphatic rings. The van der Waals surface area contributed by atoms with Gasteiger partial charge in [-0.05, 0) is 25.5 Å². The molecule has 2 aromatic rings. The number of amides is 1. The number of rotatable bonds is 2. The van der Waals surface area contributed by atoms with E-state index in [4.69, 9.17) is 11.2 Å². The lowest BCUT2D eigenvalue weighted by molar-refractivity contribution is -0.121. The molecule has 0 unspecified atom stereocenters. The van der Waals surface area contributed by atoms with Crippen LogP contribution in [0.25, 0.3) is 5.69 Å². The Bertz CT molecular complexity index is 943. The van der Waals surface area contributed by atoms with Crippen LogP contribution in [0, 0.1) is 32.0 Å². The number of terminal acetylenes is 1. The van der Waals surface area contributed by atoms with Crippen LogP contribution in [-0.4, -0.2) is 28.8 Å². The van der Waals surface area contributed by atoms with Crippen LogP contribution in [0.3, 0.4) is 0 Å². The van der Waals surface area contributed by atoms with Crippen molar-refractivity contribution in [3.63, 3.8) is 0 Å². The largest absolute Gasteiger partial charge is 0.481 e. The van der Waals surface area contributed by atoms with Crippen molar-refractivity contribution in [2.75, 3.05) is 18.1 Å². The Morgan fingerprint density at radius 1 is 1.29 bits per heavy atom. The van der Waals surface area contributed by atoms with Crippen molar-refractivity contribution >= 4 is 11.6 Å². The molecule has 24 heavy (non-hydrogen) atoms. The Hall–Kier alpha value is -3.14. The summed E-state index contributed by atoms with van der Waals surface area (Å²) in [5.41, 5.74) is 1.08. The minimum Gasteiger partial charge on any atom is -0.481 e. The lowest BCUT2D eigenvalue weighted by Gasteiger charge is -2.28. The van der Waals surface area contributed by atoms with Gasteiger partial charge in [0.25, 0.3) is 11.5 Å². The molecule has 1 amide bonds. The molecule has 2 heterocycles. The van der Waals surface area contributed by atoms with E-state index in [1.165, 1.54) is 17.0 Å². The molecule has 0 atom stereocenters. The van der Waals surface area contributed by atoms with Gasteiger partial charge in [0.05, 0.1) is 17.9 Å². The van der Waals surface area contributed by atoms with E-state index in [2.05, 4.69) is 11.0 Å². The zero-order valence-electron chi connectivity index (χ0n) is 13.2. The Labute approximate surface area is 137 Å². The van der Waals surface area contributed by atoms with E-state index in [9.17, 15) is 14.0 Å². The summed E-state index contributed by atoms with van der Waals surface area (Å²) >= 11 is 0. The lowest BCUT2D eigenvalue weighted by atomic mass is 10.2. The van der Waals surface area contributed by atoms with Crippen LogP contribution in [0.5, 0.6) is 5.75 Å². The summed E-state index contributed by atoms with van der Waals surface area (Å²) in [6.45, 7) is 3.28. The molecule has 0 radical (unpaired) electrons. The summed E-state index contributed by atoms with van der Waals surface area (Å²) in [5.74, 6) is 1.57. The molecule has 1 aromatic heterocycles. The van der Waals surface area contributed by atoms with Gasteiger partial charge in [0, 0.05) is 12.1 Å². The van der Waals surface area contributed by atoms with Gasteiger partial charge < -0.3 is 4.74 Å². The Balaban J connectivity index is 2.22. The van der Waals surface area contributed by atoms with Gasteiger partial charge in [-0.25, -0.2) is 4.39 Å². The number of hydrogen-bond donors (Lipinski definition) is 0. The summed E-state index contributed by atoms with van der Waals surface area (Å²) < 4.78 is 20.7. The van der Waals surface area contributed by atoms with Crippen LogP contribution in [-0.2, 0) is 4.79 Å². The maximum absolute atomic E-state index is 14.5. The van der Waals surface area contributed by atoms with Crippen molar-refractivity contribution in [3.8, 4) is 23.8 Å². The molecule has 0 saturated carbocycles. The summed E-state index contributed by atoms with van der Waals surface area (Å²) in [6.07, 6.45) is 5.29. The summed E-state index contributed by atoms with van der Waals surface area (Å²) in [5, 5.41) is 4.12. The third kappa shape index (κ3) is 2.52. The van der Waals surface area contributed by atoms with Crippen molar-refractivity contribution in [1.29, 1.82) is 0 Å². The zero-order chi connectivity index (χ0) is 17.4. The summed E-state index contributed by atoms with van der Waals surface area (Å²) in [7, 11) is 0. The predicted molar refractivity (Wildman–Crippen MR) is 85.9 cm³/mol. The molecular weight excluding hydrogens is 313 g/mol. The van der Waals surface area contributed by atoms with E-state index in [0.717, 1.165) is 10.7 Å². The van der Waals surface area contributed by atoms with Gasteiger partial charge in [0.2, 0.25) is 0 Å². The first kappa shape index (κ1) is 15.7. The number of halogens is 1. The number of carbonyl (C=O) groups is 1. The predicted octanol–water partition coefficient (Wildman–Crippen LogP) is 1.35. The monoisotopic (exact) mass is 327 g/mol. The number of fused-ring (bicyclic) bond motifs is 1. The Kier molecular flexibility index (Phi) is 3.81. The fraction of sp³-hybridized carbons (Fsp3) is 0.235. The molecular formula is C17H14FN3O3. The average Bonchev–Trinajstić information content (AvgIpc) is 2.54. The molecule has 0 N–H and O–H groups in total. The fourth-order valence-electron chi connectivity index (χ4n) is 2.44. The van der Waals surface area contributed by atoms with Gasteiger partial charge in [-0.3, -0.25) is 14.5 Å².